The molecule has 0 amide bonds. The van der Waals surface area contributed by atoms with Crippen LogP contribution < -0.4 is 4.74 Å². The molecule has 2 rings (SSSR count). The van der Waals surface area contributed by atoms with Crippen LogP contribution in [0.25, 0.3) is 0 Å². The predicted octanol–water partition coefficient (Wildman–Crippen LogP) is 2.39. The van der Waals surface area contributed by atoms with Crippen LogP contribution in [0.2, 0.25) is 0 Å². The summed E-state index contributed by atoms with van der Waals surface area (Å²) in [7, 11) is 0. The fourth-order valence-electron chi connectivity index (χ4n) is 1.83. The highest BCUT2D eigenvalue weighted by molar-refractivity contribution is 14.1. The number of ether oxygens (including phenoxy) is 2. The Morgan fingerprint density at radius 3 is 2.59 bits per heavy atom. The summed E-state index contributed by atoms with van der Waals surface area (Å²) in [5.74, 6) is 0.965. The Kier molecular flexibility index (Phi) is 5.54. The third-order valence-electron chi connectivity index (χ3n) is 2.80. The summed E-state index contributed by atoms with van der Waals surface area (Å²) < 4.78 is 12.2. The Morgan fingerprint density at radius 2 is 1.88 bits per heavy atom. The zero-order valence-corrected chi connectivity index (χ0v) is 12.1. The van der Waals surface area contributed by atoms with Gasteiger partial charge in [0, 0.05) is 23.2 Å². The van der Waals surface area contributed by atoms with Crippen LogP contribution >= 0.6 is 22.6 Å². The lowest BCUT2D eigenvalue weighted by Gasteiger charge is -2.26. The molecule has 4 heteroatoms. The van der Waals surface area contributed by atoms with E-state index in [4.69, 9.17) is 9.47 Å². The van der Waals surface area contributed by atoms with Gasteiger partial charge in [-0.1, -0.05) is 0 Å². The molecular formula is C13H18INO2. The van der Waals surface area contributed by atoms with Crippen molar-refractivity contribution >= 4 is 22.6 Å². The minimum atomic E-state index is 0.790. The summed E-state index contributed by atoms with van der Waals surface area (Å²) in [5.41, 5.74) is 0. The number of morpholine rings is 1. The van der Waals surface area contributed by atoms with Gasteiger partial charge in [0.1, 0.15) is 5.75 Å². The first-order valence-electron chi connectivity index (χ1n) is 6.03. The lowest BCUT2D eigenvalue weighted by molar-refractivity contribution is 0.0358. The molecular weight excluding hydrogens is 329 g/mol. The van der Waals surface area contributed by atoms with Gasteiger partial charge in [-0.15, -0.1) is 0 Å². The van der Waals surface area contributed by atoms with Gasteiger partial charge in [-0.3, -0.25) is 4.90 Å². The Hall–Kier alpha value is -0.330. The quantitative estimate of drug-likeness (QED) is 0.603. The molecule has 0 aromatic heterocycles. The van der Waals surface area contributed by atoms with E-state index in [9.17, 15) is 0 Å². The van der Waals surface area contributed by atoms with Gasteiger partial charge < -0.3 is 9.47 Å². The Bertz CT molecular complexity index is 323. The molecule has 0 radical (unpaired) electrons. The average molecular weight is 347 g/mol. The maximum atomic E-state index is 5.69. The van der Waals surface area contributed by atoms with Crippen molar-refractivity contribution in [2.24, 2.45) is 0 Å². The normalized spacial score (nSPS) is 17.0. The van der Waals surface area contributed by atoms with Gasteiger partial charge in [-0.2, -0.15) is 0 Å². The molecule has 0 atom stereocenters. The first-order chi connectivity index (χ1) is 8.34. The second kappa shape index (κ2) is 7.18. The van der Waals surface area contributed by atoms with Crippen molar-refractivity contribution in [1.82, 2.24) is 4.90 Å². The summed E-state index contributed by atoms with van der Waals surface area (Å²) >= 11 is 2.30. The van der Waals surface area contributed by atoms with Gasteiger partial charge in [0.05, 0.1) is 19.8 Å². The third-order valence-corrected chi connectivity index (χ3v) is 3.52. The van der Waals surface area contributed by atoms with E-state index in [0.717, 1.165) is 51.6 Å². The molecule has 1 aliphatic heterocycles. The summed E-state index contributed by atoms with van der Waals surface area (Å²) in [6, 6.07) is 8.18. The summed E-state index contributed by atoms with van der Waals surface area (Å²) in [6.45, 7) is 5.76. The molecule has 0 bridgehead atoms. The molecule has 0 unspecified atom stereocenters. The van der Waals surface area contributed by atoms with E-state index >= 15 is 0 Å². The van der Waals surface area contributed by atoms with Crippen molar-refractivity contribution < 1.29 is 9.47 Å². The smallest absolute Gasteiger partial charge is 0.119 e. The molecule has 0 saturated carbocycles. The van der Waals surface area contributed by atoms with Crippen LogP contribution in [0.1, 0.15) is 6.42 Å². The molecule has 0 aliphatic carbocycles. The maximum Gasteiger partial charge on any atom is 0.119 e. The second-order valence-electron chi connectivity index (χ2n) is 4.11. The van der Waals surface area contributed by atoms with Crippen molar-refractivity contribution in [2.45, 2.75) is 6.42 Å². The highest BCUT2D eigenvalue weighted by Gasteiger charge is 2.09. The minimum absolute atomic E-state index is 0.790. The maximum absolute atomic E-state index is 5.69. The molecule has 1 saturated heterocycles. The standard InChI is InChI=1S/C13H18INO2/c14-12-2-4-13(5-3-12)17-9-1-6-15-7-10-16-11-8-15/h2-5H,1,6-11H2. The van der Waals surface area contributed by atoms with Gasteiger partial charge in [0.2, 0.25) is 0 Å². The topological polar surface area (TPSA) is 21.7 Å². The molecule has 1 heterocycles. The zero-order valence-electron chi connectivity index (χ0n) is 9.90. The summed E-state index contributed by atoms with van der Waals surface area (Å²) in [4.78, 5) is 2.43. The van der Waals surface area contributed by atoms with Crippen LogP contribution in [0.4, 0.5) is 0 Å². The van der Waals surface area contributed by atoms with Gasteiger partial charge in [0.25, 0.3) is 0 Å². The first-order valence-corrected chi connectivity index (χ1v) is 7.11. The van der Waals surface area contributed by atoms with E-state index in [2.05, 4.69) is 39.6 Å². The molecule has 0 spiro atoms. The fraction of sp³-hybridized carbons (Fsp3) is 0.538. The number of halogens is 1. The minimum Gasteiger partial charge on any atom is -0.494 e. The monoisotopic (exact) mass is 347 g/mol. The molecule has 1 aliphatic rings. The lowest BCUT2D eigenvalue weighted by atomic mass is 10.3. The molecule has 0 N–H and O–H groups in total. The van der Waals surface area contributed by atoms with Gasteiger partial charge in [-0.05, 0) is 53.3 Å². The molecule has 94 valence electrons. The van der Waals surface area contributed by atoms with E-state index in [-0.39, 0.29) is 0 Å². The zero-order chi connectivity index (χ0) is 11.9. The molecule has 1 fully saturated rings. The Balaban J connectivity index is 1.60. The highest BCUT2D eigenvalue weighted by Crippen LogP contribution is 2.13. The van der Waals surface area contributed by atoms with Crippen molar-refractivity contribution in [3.05, 3.63) is 27.8 Å². The van der Waals surface area contributed by atoms with E-state index in [1.807, 2.05) is 12.1 Å². The molecule has 3 nitrogen and oxygen atoms in total. The number of nitrogens with zero attached hydrogens (tertiary/aromatic N) is 1. The Labute approximate surface area is 116 Å². The third kappa shape index (κ3) is 4.81. The largest absolute Gasteiger partial charge is 0.494 e. The van der Waals surface area contributed by atoms with Gasteiger partial charge >= 0.3 is 0 Å². The van der Waals surface area contributed by atoms with Crippen LogP contribution in [0.3, 0.4) is 0 Å². The summed E-state index contributed by atoms with van der Waals surface area (Å²) in [6.07, 6.45) is 1.08. The first kappa shape index (κ1) is 13.1. The van der Waals surface area contributed by atoms with E-state index in [1.165, 1.54) is 3.57 Å². The molecule has 1 aromatic rings. The fourth-order valence-corrected chi connectivity index (χ4v) is 2.19. The van der Waals surface area contributed by atoms with Crippen LogP contribution in [0.15, 0.2) is 24.3 Å². The lowest BCUT2D eigenvalue weighted by Crippen LogP contribution is -2.37. The number of hydrogen-bond acceptors (Lipinski definition) is 3. The SMILES string of the molecule is Ic1ccc(OCCCN2CCOCC2)cc1. The van der Waals surface area contributed by atoms with Crippen molar-refractivity contribution in [3.8, 4) is 5.75 Å². The van der Waals surface area contributed by atoms with Crippen molar-refractivity contribution in [2.75, 3.05) is 39.5 Å². The average Bonchev–Trinajstić information content (AvgIpc) is 2.38. The molecule has 17 heavy (non-hydrogen) atoms. The Morgan fingerprint density at radius 1 is 1.18 bits per heavy atom. The highest BCUT2D eigenvalue weighted by atomic mass is 127. The van der Waals surface area contributed by atoms with Crippen molar-refractivity contribution in [1.29, 1.82) is 0 Å². The number of rotatable bonds is 5. The van der Waals surface area contributed by atoms with Crippen LogP contribution in [-0.4, -0.2) is 44.4 Å². The van der Waals surface area contributed by atoms with Crippen LogP contribution in [0.5, 0.6) is 5.75 Å². The number of hydrogen-bond donors (Lipinski definition) is 0. The van der Waals surface area contributed by atoms with E-state index in [0.29, 0.717) is 0 Å². The van der Waals surface area contributed by atoms with Crippen LogP contribution in [-0.2, 0) is 4.74 Å². The molecule has 1 aromatic carbocycles. The van der Waals surface area contributed by atoms with E-state index < -0.39 is 0 Å². The van der Waals surface area contributed by atoms with Crippen LogP contribution in [0, 0.1) is 3.57 Å². The second-order valence-corrected chi connectivity index (χ2v) is 5.36. The number of benzene rings is 1. The van der Waals surface area contributed by atoms with Gasteiger partial charge in [0.15, 0.2) is 0 Å². The summed E-state index contributed by atoms with van der Waals surface area (Å²) in [5, 5.41) is 0. The van der Waals surface area contributed by atoms with Crippen molar-refractivity contribution in [3.63, 3.8) is 0 Å². The van der Waals surface area contributed by atoms with E-state index in [1.54, 1.807) is 0 Å². The van der Waals surface area contributed by atoms with Gasteiger partial charge in [-0.25, -0.2) is 0 Å². The predicted molar refractivity (Wildman–Crippen MR) is 76.5 cm³/mol.